The smallest absolute Gasteiger partial charge is 0.101 e. The molecule has 0 fully saturated rings. The van der Waals surface area contributed by atoms with Crippen LogP contribution in [0.25, 0.3) is 0 Å². The second kappa shape index (κ2) is 4.58. The van der Waals surface area contributed by atoms with Gasteiger partial charge in [0.2, 0.25) is 0 Å². The maximum absolute atomic E-state index is 11.9. The van der Waals surface area contributed by atoms with Crippen molar-refractivity contribution in [1.29, 1.82) is 0 Å². The Hall–Kier alpha value is -0.610. The highest BCUT2D eigenvalue weighted by Crippen LogP contribution is 2.22. The normalized spacial score (nSPS) is 12.8. The Morgan fingerprint density at radius 3 is 2.85 bits per heavy atom. The Kier molecular flexibility index (Phi) is 3.69. The Morgan fingerprint density at radius 2 is 2.23 bits per heavy atom. The number of nitrogens with two attached hydrogens (primary N) is 1. The van der Waals surface area contributed by atoms with Crippen molar-refractivity contribution in [2.45, 2.75) is 4.90 Å². The number of anilines is 1. The molecule has 2 N–H and O–H groups in total. The van der Waals surface area contributed by atoms with Crippen LogP contribution < -0.4 is 5.73 Å². The third-order valence-corrected chi connectivity index (χ3v) is 3.26. The fraction of sp³-hybridized carbons (Fsp3) is 0.250. The van der Waals surface area contributed by atoms with E-state index in [0.717, 1.165) is 0 Å². The molecule has 13 heavy (non-hydrogen) atoms. The van der Waals surface area contributed by atoms with Gasteiger partial charge in [0, 0.05) is 5.69 Å². The van der Waals surface area contributed by atoms with Crippen molar-refractivity contribution in [2.75, 3.05) is 18.2 Å². The first-order valence-corrected chi connectivity index (χ1v) is 5.34. The van der Waals surface area contributed by atoms with Gasteiger partial charge in [0.1, 0.15) is 6.67 Å². The summed E-state index contributed by atoms with van der Waals surface area (Å²) in [7, 11) is -1.39. The van der Waals surface area contributed by atoms with Crippen LogP contribution >= 0.6 is 11.6 Å². The average Bonchev–Trinajstić information content (AvgIpc) is 2.09. The Balaban J connectivity index is 2.99. The number of rotatable bonds is 3. The number of hydrogen-bond acceptors (Lipinski definition) is 2. The minimum absolute atomic E-state index is 0.0385. The number of alkyl halides is 1. The highest BCUT2D eigenvalue weighted by atomic mass is 35.5. The largest absolute Gasteiger partial charge is 0.399 e. The molecule has 1 atom stereocenters. The van der Waals surface area contributed by atoms with E-state index in [0.29, 0.717) is 15.6 Å². The molecule has 0 heterocycles. The van der Waals surface area contributed by atoms with E-state index in [1.165, 1.54) is 6.07 Å². The lowest BCUT2D eigenvalue weighted by atomic mass is 10.3. The molecule has 0 aromatic heterocycles. The van der Waals surface area contributed by atoms with Crippen molar-refractivity contribution < 1.29 is 8.60 Å². The predicted octanol–water partition coefficient (Wildman–Crippen LogP) is 2.00. The quantitative estimate of drug-likeness (QED) is 0.794. The van der Waals surface area contributed by atoms with Crippen LogP contribution in [-0.4, -0.2) is 16.6 Å². The van der Waals surface area contributed by atoms with E-state index < -0.39 is 17.5 Å². The summed E-state index contributed by atoms with van der Waals surface area (Å²) in [5, 5.41) is 0.362. The summed E-state index contributed by atoms with van der Waals surface area (Å²) < 4.78 is 23.2. The minimum atomic E-state index is -1.39. The second-order valence-corrected chi connectivity index (χ2v) is 4.37. The summed E-state index contributed by atoms with van der Waals surface area (Å²) in [6.45, 7) is -0.627. The lowest BCUT2D eigenvalue weighted by Gasteiger charge is -2.03. The van der Waals surface area contributed by atoms with Crippen LogP contribution in [0.1, 0.15) is 0 Å². The lowest BCUT2D eigenvalue weighted by Crippen LogP contribution is -2.01. The van der Waals surface area contributed by atoms with Crippen molar-refractivity contribution >= 4 is 28.1 Å². The lowest BCUT2D eigenvalue weighted by molar-refractivity contribution is 0.528. The van der Waals surface area contributed by atoms with Gasteiger partial charge in [0.25, 0.3) is 0 Å². The number of halogens is 2. The Bertz CT molecular complexity index is 332. The van der Waals surface area contributed by atoms with Gasteiger partial charge in [-0.3, -0.25) is 8.60 Å². The van der Waals surface area contributed by atoms with Crippen molar-refractivity contribution in [2.24, 2.45) is 0 Å². The molecule has 72 valence electrons. The van der Waals surface area contributed by atoms with Crippen molar-refractivity contribution in [3.8, 4) is 0 Å². The third kappa shape index (κ3) is 2.67. The van der Waals surface area contributed by atoms with E-state index in [1.54, 1.807) is 12.1 Å². The molecular formula is C8H9ClFNOS. The molecule has 1 aromatic rings. The first-order valence-electron chi connectivity index (χ1n) is 3.64. The zero-order valence-electron chi connectivity index (χ0n) is 6.80. The van der Waals surface area contributed by atoms with Crippen LogP contribution in [0.15, 0.2) is 23.1 Å². The zero-order chi connectivity index (χ0) is 9.84. The molecule has 1 unspecified atom stereocenters. The highest BCUT2D eigenvalue weighted by Gasteiger charge is 2.08. The fourth-order valence-corrected chi connectivity index (χ4v) is 2.16. The van der Waals surface area contributed by atoms with E-state index in [-0.39, 0.29) is 5.75 Å². The SMILES string of the molecule is Nc1ccc(Cl)c(S(=O)CCF)c1. The third-order valence-electron chi connectivity index (χ3n) is 1.46. The van der Waals surface area contributed by atoms with E-state index >= 15 is 0 Å². The summed E-state index contributed by atoms with van der Waals surface area (Å²) >= 11 is 5.76. The number of benzene rings is 1. The van der Waals surface area contributed by atoms with E-state index in [4.69, 9.17) is 17.3 Å². The molecule has 0 amide bonds. The van der Waals surface area contributed by atoms with E-state index in [9.17, 15) is 8.60 Å². The van der Waals surface area contributed by atoms with Gasteiger partial charge in [0.05, 0.1) is 26.5 Å². The molecule has 0 saturated carbocycles. The summed E-state index contributed by atoms with van der Waals surface area (Å²) in [6, 6.07) is 4.68. The van der Waals surface area contributed by atoms with Crippen LogP contribution in [0.5, 0.6) is 0 Å². The van der Waals surface area contributed by atoms with Crippen LogP contribution in [0.3, 0.4) is 0 Å². The monoisotopic (exact) mass is 221 g/mol. The van der Waals surface area contributed by atoms with Gasteiger partial charge in [-0.2, -0.15) is 0 Å². The van der Waals surface area contributed by atoms with Crippen LogP contribution in [0, 0.1) is 0 Å². The van der Waals surface area contributed by atoms with Gasteiger partial charge >= 0.3 is 0 Å². The molecule has 0 aliphatic rings. The van der Waals surface area contributed by atoms with Gasteiger partial charge in [-0.25, -0.2) is 0 Å². The summed E-state index contributed by atoms with van der Waals surface area (Å²) in [5.41, 5.74) is 5.95. The standard InChI is InChI=1S/C8H9ClFNOS/c9-7-2-1-6(11)5-8(7)13(12)4-3-10/h1-2,5H,3-4,11H2. The van der Waals surface area contributed by atoms with Crippen molar-refractivity contribution in [1.82, 2.24) is 0 Å². The molecular weight excluding hydrogens is 213 g/mol. The maximum Gasteiger partial charge on any atom is 0.101 e. The highest BCUT2D eigenvalue weighted by molar-refractivity contribution is 7.85. The van der Waals surface area contributed by atoms with Gasteiger partial charge in [-0.15, -0.1) is 0 Å². The van der Waals surface area contributed by atoms with Crippen molar-refractivity contribution in [3.05, 3.63) is 23.2 Å². The van der Waals surface area contributed by atoms with Gasteiger partial charge in [-0.05, 0) is 18.2 Å². The first-order chi connectivity index (χ1) is 6.15. The Labute approximate surface area is 83.3 Å². The Morgan fingerprint density at radius 1 is 1.54 bits per heavy atom. The minimum Gasteiger partial charge on any atom is -0.399 e. The molecule has 5 heteroatoms. The van der Waals surface area contributed by atoms with Crippen LogP contribution in [0.2, 0.25) is 5.02 Å². The van der Waals surface area contributed by atoms with Gasteiger partial charge in [0.15, 0.2) is 0 Å². The second-order valence-electron chi connectivity index (χ2n) is 2.43. The molecule has 0 bridgehead atoms. The van der Waals surface area contributed by atoms with Gasteiger partial charge in [-0.1, -0.05) is 11.6 Å². The molecule has 0 aliphatic carbocycles. The molecule has 0 saturated heterocycles. The molecule has 1 rings (SSSR count). The number of hydrogen-bond donors (Lipinski definition) is 1. The summed E-state index contributed by atoms with van der Waals surface area (Å²) in [5.74, 6) is -0.0385. The molecule has 0 aliphatic heterocycles. The average molecular weight is 222 g/mol. The van der Waals surface area contributed by atoms with Gasteiger partial charge < -0.3 is 5.73 Å². The molecule has 1 aromatic carbocycles. The van der Waals surface area contributed by atoms with E-state index in [1.807, 2.05) is 0 Å². The summed E-state index contributed by atoms with van der Waals surface area (Å²) in [4.78, 5) is 0.402. The van der Waals surface area contributed by atoms with Crippen molar-refractivity contribution in [3.63, 3.8) is 0 Å². The first kappa shape index (κ1) is 10.5. The topological polar surface area (TPSA) is 43.1 Å². The fourth-order valence-electron chi connectivity index (χ4n) is 0.874. The zero-order valence-corrected chi connectivity index (χ0v) is 8.37. The molecule has 0 spiro atoms. The maximum atomic E-state index is 11.9. The molecule has 2 nitrogen and oxygen atoms in total. The predicted molar refractivity (Wildman–Crippen MR) is 53.1 cm³/mol. The van der Waals surface area contributed by atoms with E-state index in [2.05, 4.69) is 0 Å². The summed E-state index contributed by atoms with van der Waals surface area (Å²) in [6.07, 6.45) is 0. The van der Waals surface area contributed by atoms with Crippen LogP contribution in [-0.2, 0) is 10.8 Å². The number of nitrogen functional groups attached to an aromatic ring is 1. The van der Waals surface area contributed by atoms with Crippen LogP contribution in [0.4, 0.5) is 10.1 Å². The molecule has 0 radical (unpaired) electrons.